The van der Waals surface area contributed by atoms with Crippen LogP contribution in [0.2, 0.25) is 0 Å². The maximum absolute atomic E-state index is 12.8. The van der Waals surface area contributed by atoms with E-state index in [4.69, 9.17) is 10.5 Å². The van der Waals surface area contributed by atoms with Crippen LogP contribution >= 0.6 is 0 Å². The molecule has 2 saturated heterocycles. The lowest BCUT2D eigenvalue weighted by Gasteiger charge is -2.39. The Balaban J connectivity index is 1.90. The van der Waals surface area contributed by atoms with Crippen LogP contribution in [0.4, 0.5) is 4.79 Å². The molecule has 3 atom stereocenters. The van der Waals surface area contributed by atoms with E-state index < -0.39 is 23.6 Å². The molecule has 0 aliphatic carbocycles. The van der Waals surface area contributed by atoms with Crippen molar-refractivity contribution in [3.05, 3.63) is 0 Å². The number of hydrogen-bond acceptors (Lipinski definition) is 6. The lowest BCUT2D eigenvalue weighted by molar-refractivity contribution is -0.135. The zero-order valence-electron chi connectivity index (χ0n) is 20.7. The van der Waals surface area contributed by atoms with Gasteiger partial charge in [-0.25, -0.2) is 4.79 Å². The number of carbonyl (C=O) groups excluding carboxylic acids is 4. The molecule has 10 heteroatoms. The van der Waals surface area contributed by atoms with Crippen LogP contribution < -0.4 is 16.4 Å². The van der Waals surface area contributed by atoms with Crippen molar-refractivity contribution in [2.24, 2.45) is 11.7 Å². The summed E-state index contributed by atoms with van der Waals surface area (Å²) >= 11 is 0. The van der Waals surface area contributed by atoms with E-state index in [9.17, 15) is 19.2 Å². The van der Waals surface area contributed by atoms with Gasteiger partial charge in [-0.15, -0.1) is 0 Å². The Morgan fingerprint density at radius 1 is 1.09 bits per heavy atom. The zero-order valence-corrected chi connectivity index (χ0v) is 20.7. The smallest absolute Gasteiger partial charge is 0.408 e. The van der Waals surface area contributed by atoms with Crippen molar-refractivity contribution in [3.8, 4) is 0 Å². The highest BCUT2D eigenvalue weighted by Crippen LogP contribution is 2.25. The van der Waals surface area contributed by atoms with E-state index in [2.05, 4.69) is 15.5 Å². The second-order valence-corrected chi connectivity index (χ2v) is 10.5. The Morgan fingerprint density at radius 2 is 1.76 bits per heavy atom. The van der Waals surface area contributed by atoms with Gasteiger partial charge in [0.25, 0.3) is 0 Å². The van der Waals surface area contributed by atoms with E-state index >= 15 is 0 Å². The Bertz CT molecular complexity index is 721. The van der Waals surface area contributed by atoms with Crippen LogP contribution in [0.15, 0.2) is 0 Å². The summed E-state index contributed by atoms with van der Waals surface area (Å²) in [5.74, 6) is -0.738. The molecule has 188 valence electrons. The molecule has 0 unspecified atom stereocenters. The molecule has 0 saturated carbocycles. The Hall–Kier alpha value is -2.36. The minimum atomic E-state index is -0.789. The highest BCUT2D eigenvalue weighted by molar-refractivity contribution is 5.89. The lowest BCUT2D eigenvalue weighted by Crippen LogP contribution is -2.55. The summed E-state index contributed by atoms with van der Waals surface area (Å²) in [5.41, 5.74) is 4.88. The van der Waals surface area contributed by atoms with E-state index in [1.54, 1.807) is 25.7 Å². The molecule has 0 spiro atoms. The predicted octanol–water partition coefficient (Wildman–Crippen LogP) is 0.983. The first kappa shape index (κ1) is 26.9. The van der Waals surface area contributed by atoms with Crippen LogP contribution in [-0.2, 0) is 19.1 Å². The molecule has 2 rings (SSSR count). The molecule has 0 aromatic heterocycles. The zero-order chi connectivity index (χ0) is 24.8. The van der Waals surface area contributed by atoms with Crippen molar-refractivity contribution in [1.29, 1.82) is 0 Å². The van der Waals surface area contributed by atoms with Crippen LogP contribution in [0.5, 0.6) is 0 Å². The summed E-state index contributed by atoms with van der Waals surface area (Å²) in [6.07, 6.45) is 3.20. The number of rotatable bonds is 8. The minimum Gasteiger partial charge on any atom is -0.444 e. The number of likely N-dealkylation sites (tertiary alicyclic amines) is 2. The number of nitrogens with one attached hydrogen (secondary N) is 2. The largest absolute Gasteiger partial charge is 0.444 e. The molecule has 2 heterocycles. The van der Waals surface area contributed by atoms with Gasteiger partial charge in [0.1, 0.15) is 11.6 Å². The maximum atomic E-state index is 12.8. The van der Waals surface area contributed by atoms with Crippen LogP contribution in [0.25, 0.3) is 0 Å². The first-order valence-corrected chi connectivity index (χ1v) is 12.0. The van der Waals surface area contributed by atoms with E-state index in [-0.39, 0.29) is 36.4 Å². The van der Waals surface area contributed by atoms with E-state index in [1.807, 2.05) is 13.8 Å². The highest BCUT2D eigenvalue weighted by Gasteiger charge is 2.37. The number of ether oxygens (including phenoxy) is 1. The number of carbonyl (C=O) groups is 4. The first-order valence-electron chi connectivity index (χ1n) is 12.0. The lowest BCUT2D eigenvalue weighted by atomic mass is 10.0. The summed E-state index contributed by atoms with van der Waals surface area (Å²) in [6, 6.07) is -0.955. The first-order chi connectivity index (χ1) is 15.4. The molecule has 0 aromatic carbocycles. The summed E-state index contributed by atoms with van der Waals surface area (Å²) in [4.78, 5) is 53.3. The van der Waals surface area contributed by atoms with Crippen LogP contribution in [0.3, 0.4) is 0 Å². The second-order valence-electron chi connectivity index (χ2n) is 10.5. The molecule has 2 aliphatic rings. The van der Waals surface area contributed by atoms with E-state index in [0.29, 0.717) is 19.5 Å². The van der Waals surface area contributed by atoms with Gasteiger partial charge in [-0.05, 0) is 65.3 Å². The molecular weight excluding hydrogens is 426 g/mol. The highest BCUT2D eigenvalue weighted by atomic mass is 16.6. The molecular formula is C23H41N5O5. The fourth-order valence-corrected chi connectivity index (χ4v) is 4.53. The summed E-state index contributed by atoms with van der Waals surface area (Å²) in [5, 5.41) is 5.30. The Morgan fingerprint density at radius 3 is 2.36 bits per heavy atom. The molecule has 0 radical (unpaired) electrons. The van der Waals surface area contributed by atoms with Gasteiger partial charge < -0.3 is 26.0 Å². The maximum Gasteiger partial charge on any atom is 0.408 e. The third-order valence-corrected chi connectivity index (χ3v) is 5.97. The minimum absolute atomic E-state index is 0.0981. The molecule has 33 heavy (non-hydrogen) atoms. The van der Waals surface area contributed by atoms with Crippen LogP contribution in [-0.4, -0.2) is 83.5 Å². The van der Waals surface area contributed by atoms with Crippen molar-refractivity contribution < 1.29 is 23.9 Å². The number of amides is 4. The Labute approximate surface area is 196 Å². The fraction of sp³-hybridized carbons (Fsp3) is 0.826. The van der Waals surface area contributed by atoms with Gasteiger partial charge in [0.05, 0.1) is 12.6 Å². The third kappa shape index (κ3) is 8.49. The average molecular weight is 468 g/mol. The van der Waals surface area contributed by atoms with Crippen molar-refractivity contribution >= 4 is 23.8 Å². The number of nitrogens with two attached hydrogens (primary N) is 1. The van der Waals surface area contributed by atoms with Gasteiger partial charge in [-0.1, -0.05) is 13.8 Å². The summed E-state index contributed by atoms with van der Waals surface area (Å²) in [6.45, 7) is 11.0. The van der Waals surface area contributed by atoms with Crippen molar-refractivity contribution in [2.75, 3.05) is 26.2 Å². The van der Waals surface area contributed by atoms with Crippen molar-refractivity contribution in [2.45, 2.75) is 90.4 Å². The molecule has 4 N–H and O–H groups in total. The number of primary amides is 1. The summed E-state index contributed by atoms with van der Waals surface area (Å²) in [7, 11) is 0. The number of piperidine rings is 1. The monoisotopic (exact) mass is 467 g/mol. The third-order valence-electron chi connectivity index (χ3n) is 5.97. The van der Waals surface area contributed by atoms with E-state index in [0.717, 1.165) is 32.2 Å². The summed E-state index contributed by atoms with van der Waals surface area (Å²) < 4.78 is 5.26. The standard InChI is InChI=1S/C23H41N5O5/c1-15(2)12-17(26-22(32)33-23(3,4)5)21(31)25-13-19(29)27-10-6-8-16(14-27)28-11-7-9-18(28)20(24)30/h15-18H,6-14H2,1-5H3,(H2,24,30)(H,25,31)(H,26,32)/t16-,17+,18+/m1/s1. The fourth-order valence-electron chi connectivity index (χ4n) is 4.53. The van der Waals surface area contributed by atoms with Gasteiger partial charge in [-0.2, -0.15) is 0 Å². The van der Waals surface area contributed by atoms with Gasteiger partial charge in [0.15, 0.2) is 0 Å². The van der Waals surface area contributed by atoms with Gasteiger partial charge in [0, 0.05) is 19.1 Å². The van der Waals surface area contributed by atoms with E-state index in [1.165, 1.54) is 0 Å². The Kier molecular flexibility index (Phi) is 9.51. The number of alkyl carbamates (subject to hydrolysis) is 1. The quantitative estimate of drug-likeness (QED) is 0.487. The van der Waals surface area contributed by atoms with Crippen LogP contribution in [0.1, 0.15) is 66.7 Å². The van der Waals surface area contributed by atoms with Gasteiger partial charge >= 0.3 is 6.09 Å². The number of hydrogen-bond donors (Lipinski definition) is 3. The molecule has 0 aromatic rings. The SMILES string of the molecule is CC(C)C[C@H](NC(=O)OC(C)(C)C)C(=O)NCC(=O)N1CCC[C@@H](N2CCC[C@H]2C(N)=O)C1. The van der Waals surface area contributed by atoms with Crippen molar-refractivity contribution in [3.63, 3.8) is 0 Å². The number of nitrogens with zero attached hydrogens (tertiary/aromatic N) is 2. The van der Waals surface area contributed by atoms with Crippen LogP contribution in [0, 0.1) is 5.92 Å². The second kappa shape index (κ2) is 11.7. The van der Waals surface area contributed by atoms with Crippen molar-refractivity contribution in [1.82, 2.24) is 20.4 Å². The van der Waals surface area contributed by atoms with Gasteiger partial charge in [0.2, 0.25) is 17.7 Å². The molecule has 10 nitrogen and oxygen atoms in total. The van der Waals surface area contributed by atoms with Gasteiger partial charge in [-0.3, -0.25) is 19.3 Å². The average Bonchev–Trinajstić information content (AvgIpc) is 3.20. The molecule has 0 bridgehead atoms. The topological polar surface area (TPSA) is 134 Å². The normalized spacial score (nSPS) is 22.7. The molecule has 2 fully saturated rings. The molecule has 4 amide bonds. The predicted molar refractivity (Wildman–Crippen MR) is 124 cm³/mol. The molecule has 2 aliphatic heterocycles.